The molecule has 1 aromatic rings. The van der Waals surface area contributed by atoms with Crippen molar-refractivity contribution in [2.45, 2.75) is 6.10 Å². The number of nitriles is 1. The molecule has 1 rings (SSSR count). The van der Waals surface area contributed by atoms with Crippen LogP contribution in [0.25, 0.3) is 0 Å². The minimum atomic E-state index is -1.28. The van der Waals surface area contributed by atoms with Gasteiger partial charge in [0.05, 0.1) is 18.7 Å². The Balaban J connectivity index is 2.88. The lowest BCUT2D eigenvalue weighted by molar-refractivity contribution is -0.150. The summed E-state index contributed by atoms with van der Waals surface area (Å²) in [6.45, 7) is 0. The van der Waals surface area contributed by atoms with Gasteiger partial charge in [0, 0.05) is 0 Å². The lowest BCUT2D eigenvalue weighted by atomic mass is 10.1. The lowest BCUT2D eigenvalue weighted by Gasteiger charge is -2.07. The van der Waals surface area contributed by atoms with Crippen molar-refractivity contribution in [3.05, 3.63) is 35.4 Å². The zero-order chi connectivity index (χ0) is 10.6. The summed E-state index contributed by atoms with van der Waals surface area (Å²) in [7, 11) is 1.20. The molecule has 0 heterocycles. The van der Waals surface area contributed by atoms with Crippen LogP contribution in [0.2, 0.25) is 0 Å². The number of carbonyl (C=O) groups excluding carboxylic acids is 1. The van der Waals surface area contributed by atoms with E-state index >= 15 is 0 Å². The molecule has 0 spiro atoms. The number of hydrogen-bond acceptors (Lipinski definition) is 4. The van der Waals surface area contributed by atoms with Gasteiger partial charge in [0.15, 0.2) is 6.10 Å². The van der Waals surface area contributed by atoms with Crippen molar-refractivity contribution in [2.24, 2.45) is 0 Å². The first kappa shape index (κ1) is 10.2. The smallest absolute Gasteiger partial charge is 0.339 e. The van der Waals surface area contributed by atoms with E-state index in [0.29, 0.717) is 11.1 Å². The van der Waals surface area contributed by atoms with Crippen molar-refractivity contribution < 1.29 is 14.6 Å². The fourth-order valence-electron chi connectivity index (χ4n) is 0.988. The molecule has 0 aromatic heterocycles. The van der Waals surface area contributed by atoms with Crippen LogP contribution in [-0.2, 0) is 9.53 Å². The van der Waals surface area contributed by atoms with Crippen molar-refractivity contribution >= 4 is 5.97 Å². The molecule has 1 aromatic carbocycles. The summed E-state index contributed by atoms with van der Waals surface area (Å²) in [5.41, 5.74) is 0.890. The molecule has 1 N–H and O–H groups in total. The maximum atomic E-state index is 10.9. The molecule has 0 fully saturated rings. The summed E-state index contributed by atoms with van der Waals surface area (Å²) >= 11 is 0. The monoisotopic (exact) mass is 191 g/mol. The van der Waals surface area contributed by atoms with Gasteiger partial charge in [0.1, 0.15) is 0 Å². The van der Waals surface area contributed by atoms with Crippen LogP contribution in [0.1, 0.15) is 17.2 Å². The second-order valence-electron chi connectivity index (χ2n) is 2.66. The number of nitrogens with zero attached hydrogens (tertiary/aromatic N) is 1. The van der Waals surface area contributed by atoms with Crippen molar-refractivity contribution in [1.82, 2.24) is 0 Å². The summed E-state index contributed by atoms with van der Waals surface area (Å²) < 4.78 is 4.37. The third kappa shape index (κ3) is 2.09. The van der Waals surface area contributed by atoms with E-state index in [1.165, 1.54) is 31.4 Å². The third-order valence-electron chi connectivity index (χ3n) is 1.78. The van der Waals surface area contributed by atoms with Crippen LogP contribution in [0.3, 0.4) is 0 Å². The fourth-order valence-corrected chi connectivity index (χ4v) is 0.988. The van der Waals surface area contributed by atoms with Crippen LogP contribution in [-0.4, -0.2) is 18.2 Å². The first-order valence-electron chi connectivity index (χ1n) is 3.95. The lowest BCUT2D eigenvalue weighted by Crippen LogP contribution is -2.13. The molecule has 0 aliphatic rings. The van der Waals surface area contributed by atoms with E-state index in [2.05, 4.69) is 4.74 Å². The fraction of sp³-hybridized carbons (Fsp3) is 0.200. The number of hydrogen-bond donors (Lipinski definition) is 1. The highest BCUT2D eigenvalue weighted by Gasteiger charge is 2.17. The number of carbonyl (C=O) groups is 1. The minimum absolute atomic E-state index is 0.413. The summed E-state index contributed by atoms with van der Waals surface area (Å²) in [6, 6.07) is 8.03. The summed E-state index contributed by atoms with van der Waals surface area (Å²) in [5, 5.41) is 17.9. The standard InChI is InChI=1S/C10H9NO3/c1-14-10(13)9(12)8-4-2-7(6-11)3-5-8/h2-5,9,12H,1H3. The molecule has 1 unspecified atom stereocenters. The van der Waals surface area contributed by atoms with Gasteiger partial charge in [-0.3, -0.25) is 0 Å². The number of benzene rings is 1. The Labute approximate surface area is 81.4 Å². The molecule has 0 bridgehead atoms. The van der Waals surface area contributed by atoms with Gasteiger partial charge in [0.25, 0.3) is 0 Å². The van der Waals surface area contributed by atoms with Crippen molar-refractivity contribution in [1.29, 1.82) is 5.26 Å². The van der Waals surface area contributed by atoms with E-state index in [1.807, 2.05) is 6.07 Å². The number of ether oxygens (including phenoxy) is 1. The van der Waals surface area contributed by atoms with Crippen molar-refractivity contribution in [3.63, 3.8) is 0 Å². The normalized spacial score (nSPS) is 11.5. The summed E-state index contributed by atoms with van der Waals surface area (Å²) in [6.07, 6.45) is -1.28. The molecular formula is C10H9NO3. The Hall–Kier alpha value is -1.86. The molecule has 0 aliphatic carbocycles. The highest BCUT2D eigenvalue weighted by Crippen LogP contribution is 2.14. The van der Waals surface area contributed by atoms with E-state index in [9.17, 15) is 9.90 Å². The second kappa shape index (κ2) is 4.40. The number of esters is 1. The number of aliphatic hydroxyl groups is 1. The van der Waals surface area contributed by atoms with Gasteiger partial charge >= 0.3 is 5.97 Å². The van der Waals surface area contributed by atoms with Crippen LogP contribution >= 0.6 is 0 Å². The summed E-state index contributed by atoms with van der Waals surface area (Å²) in [5.74, 6) is -0.713. The van der Waals surface area contributed by atoms with Gasteiger partial charge in [-0.05, 0) is 17.7 Å². The number of methoxy groups -OCH3 is 1. The molecule has 14 heavy (non-hydrogen) atoms. The van der Waals surface area contributed by atoms with E-state index < -0.39 is 12.1 Å². The van der Waals surface area contributed by atoms with Gasteiger partial charge in [-0.2, -0.15) is 5.26 Å². The predicted octanol–water partition coefficient (Wildman–Crippen LogP) is 0.765. The van der Waals surface area contributed by atoms with Gasteiger partial charge in [-0.15, -0.1) is 0 Å². The topological polar surface area (TPSA) is 70.3 Å². The number of aliphatic hydroxyl groups excluding tert-OH is 1. The molecule has 0 saturated carbocycles. The summed E-state index contributed by atoms with van der Waals surface area (Å²) in [4.78, 5) is 10.9. The van der Waals surface area contributed by atoms with E-state index in [1.54, 1.807) is 0 Å². The van der Waals surface area contributed by atoms with Crippen LogP contribution in [0.4, 0.5) is 0 Å². The molecule has 4 heteroatoms. The molecule has 0 radical (unpaired) electrons. The molecule has 1 atom stereocenters. The molecule has 4 nitrogen and oxygen atoms in total. The Morgan fingerprint density at radius 1 is 1.50 bits per heavy atom. The predicted molar refractivity (Wildman–Crippen MR) is 48.1 cm³/mol. The third-order valence-corrected chi connectivity index (χ3v) is 1.78. The first-order valence-corrected chi connectivity index (χ1v) is 3.95. The van der Waals surface area contributed by atoms with Crippen LogP contribution < -0.4 is 0 Å². The zero-order valence-corrected chi connectivity index (χ0v) is 7.60. The van der Waals surface area contributed by atoms with E-state index in [4.69, 9.17) is 5.26 Å². The highest BCUT2D eigenvalue weighted by molar-refractivity contribution is 5.76. The van der Waals surface area contributed by atoms with Gasteiger partial charge in [0.2, 0.25) is 0 Å². The Morgan fingerprint density at radius 2 is 2.07 bits per heavy atom. The molecule has 0 saturated heterocycles. The molecule has 0 aliphatic heterocycles. The average molecular weight is 191 g/mol. The minimum Gasteiger partial charge on any atom is -0.467 e. The van der Waals surface area contributed by atoms with E-state index in [0.717, 1.165) is 0 Å². The Kier molecular flexibility index (Phi) is 3.21. The Morgan fingerprint density at radius 3 is 2.50 bits per heavy atom. The second-order valence-corrected chi connectivity index (χ2v) is 2.66. The SMILES string of the molecule is COC(=O)C(O)c1ccc(C#N)cc1. The quantitative estimate of drug-likeness (QED) is 0.701. The van der Waals surface area contributed by atoms with Gasteiger partial charge in [-0.25, -0.2) is 4.79 Å². The zero-order valence-electron chi connectivity index (χ0n) is 7.60. The highest BCUT2D eigenvalue weighted by atomic mass is 16.5. The first-order chi connectivity index (χ1) is 6.69. The maximum Gasteiger partial charge on any atom is 0.339 e. The largest absolute Gasteiger partial charge is 0.467 e. The molecule has 72 valence electrons. The van der Waals surface area contributed by atoms with Crippen LogP contribution in [0, 0.1) is 11.3 Å². The molecule has 0 amide bonds. The molecular weight excluding hydrogens is 182 g/mol. The van der Waals surface area contributed by atoms with Crippen LogP contribution in [0.5, 0.6) is 0 Å². The van der Waals surface area contributed by atoms with Crippen molar-refractivity contribution in [3.8, 4) is 6.07 Å². The Bertz CT molecular complexity index is 364. The van der Waals surface area contributed by atoms with Gasteiger partial charge < -0.3 is 9.84 Å². The van der Waals surface area contributed by atoms with E-state index in [-0.39, 0.29) is 0 Å². The maximum absolute atomic E-state index is 10.9. The van der Waals surface area contributed by atoms with Crippen molar-refractivity contribution in [2.75, 3.05) is 7.11 Å². The number of rotatable bonds is 2. The van der Waals surface area contributed by atoms with Crippen LogP contribution in [0.15, 0.2) is 24.3 Å². The van der Waals surface area contributed by atoms with Gasteiger partial charge in [-0.1, -0.05) is 12.1 Å². The average Bonchev–Trinajstić information content (AvgIpc) is 2.27.